The van der Waals surface area contributed by atoms with Crippen LogP contribution in [0.5, 0.6) is 0 Å². The highest BCUT2D eigenvalue weighted by Gasteiger charge is 2.51. The van der Waals surface area contributed by atoms with E-state index >= 15 is 0 Å². The molecule has 0 radical (unpaired) electrons. The number of esters is 1. The molecule has 0 bridgehead atoms. The standard InChI is InChI=1S/C21H29NO5/c1-4-26-19(22-25)18-16(12-11-15-9-7-6-8-10-15)17(20(23)27-5-2)13-14-21(18,3)24/h6-12,16-18,24-25H,4-5,13-14H2,1-3H3/b12-11+,22-19?. The Balaban J connectivity index is 2.45. The van der Waals surface area contributed by atoms with Crippen molar-refractivity contribution in [1.82, 2.24) is 0 Å². The molecule has 0 amide bonds. The van der Waals surface area contributed by atoms with E-state index in [1.807, 2.05) is 42.5 Å². The van der Waals surface area contributed by atoms with Crippen LogP contribution in [0.4, 0.5) is 0 Å². The normalized spacial score (nSPS) is 28.9. The van der Waals surface area contributed by atoms with E-state index in [9.17, 15) is 15.1 Å². The first-order valence-electron chi connectivity index (χ1n) is 9.41. The van der Waals surface area contributed by atoms with E-state index < -0.39 is 23.4 Å². The lowest BCUT2D eigenvalue weighted by atomic mass is 9.64. The van der Waals surface area contributed by atoms with E-state index in [1.54, 1.807) is 20.8 Å². The Hall–Kier alpha value is -2.34. The molecule has 0 saturated heterocycles. The van der Waals surface area contributed by atoms with Crippen LogP contribution in [0.3, 0.4) is 0 Å². The molecule has 1 fully saturated rings. The second-order valence-corrected chi connectivity index (χ2v) is 6.95. The van der Waals surface area contributed by atoms with Crippen molar-refractivity contribution in [2.24, 2.45) is 22.9 Å². The Morgan fingerprint density at radius 1 is 1.26 bits per heavy atom. The monoisotopic (exact) mass is 375 g/mol. The lowest BCUT2D eigenvalue weighted by Crippen LogP contribution is -2.52. The molecule has 6 heteroatoms. The van der Waals surface area contributed by atoms with Crippen molar-refractivity contribution in [2.45, 2.75) is 39.2 Å². The van der Waals surface area contributed by atoms with E-state index in [-0.39, 0.29) is 18.5 Å². The first-order chi connectivity index (χ1) is 12.9. The van der Waals surface area contributed by atoms with Gasteiger partial charge in [0.2, 0.25) is 5.90 Å². The third-order valence-electron chi connectivity index (χ3n) is 5.04. The van der Waals surface area contributed by atoms with Gasteiger partial charge in [0.25, 0.3) is 0 Å². The lowest BCUT2D eigenvalue weighted by Gasteiger charge is -2.44. The number of hydrogen-bond donors (Lipinski definition) is 2. The molecule has 0 spiro atoms. The molecule has 1 aromatic rings. The molecule has 1 aliphatic rings. The van der Waals surface area contributed by atoms with Gasteiger partial charge >= 0.3 is 5.97 Å². The van der Waals surface area contributed by atoms with E-state index in [1.165, 1.54) is 0 Å². The Morgan fingerprint density at radius 3 is 2.52 bits per heavy atom. The number of rotatable bonds is 6. The number of hydrogen-bond acceptors (Lipinski definition) is 6. The molecule has 2 N–H and O–H groups in total. The average Bonchev–Trinajstić information content (AvgIpc) is 2.65. The first-order valence-corrected chi connectivity index (χ1v) is 9.41. The zero-order valence-electron chi connectivity index (χ0n) is 16.2. The molecule has 1 saturated carbocycles. The fourth-order valence-electron chi connectivity index (χ4n) is 3.76. The van der Waals surface area contributed by atoms with Crippen LogP contribution in [0.1, 0.15) is 39.2 Å². The number of carbonyl (C=O) groups excluding carboxylic acids is 1. The van der Waals surface area contributed by atoms with E-state index in [0.717, 1.165) is 5.56 Å². The Labute approximate surface area is 160 Å². The van der Waals surface area contributed by atoms with Gasteiger partial charge in [-0.3, -0.25) is 4.79 Å². The molecule has 4 atom stereocenters. The highest BCUT2D eigenvalue weighted by Crippen LogP contribution is 2.44. The van der Waals surface area contributed by atoms with Crippen LogP contribution >= 0.6 is 0 Å². The summed E-state index contributed by atoms with van der Waals surface area (Å²) in [4.78, 5) is 12.6. The Morgan fingerprint density at radius 2 is 1.93 bits per heavy atom. The van der Waals surface area contributed by atoms with Gasteiger partial charge in [-0.1, -0.05) is 47.6 Å². The van der Waals surface area contributed by atoms with E-state index in [4.69, 9.17) is 9.47 Å². The summed E-state index contributed by atoms with van der Waals surface area (Å²) in [5.41, 5.74) is -0.200. The van der Waals surface area contributed by atoms with E-state index in [0.29, 0.717) is 19.4 Å². The quantitative estimate of drug-likeness (QED) is 0.261. The molecular weight excluding hydrogens is 346 g/mol. The Kier molecular flexibility index (Phi) is 7.42. The highest BCUT2D eigenvalue weighted by atomic mass is 16.5. The highest BCUT2D eigenvalue weighted by molar-refractivity contribution is 5.83. The van der Waals surface area contributed by atoms with Crippen molar-refractivity contribution >= 4 is 17.9 Å². The third kappa shape index (κ3) is 5.10. The van der Waals surface area contributed by atoms with Crippen LogP contribution < -0.4 is 0 Å². The van der Waals surface area contributed by atoms with Crippen molar-refractivity contribution in [3.8, 4) is 0 Å². The van der Waals surface area contributed by atoms with Crippen LogP contribution in [-0.2, 0) is 14.3 Å². The molecule has 0 aliphatic heterocycles. The third-order valence-corrected chi connectivity index (χ3v) is 5.04. The zero-order valence-corrected chi connectivity index (χ0v) is 16.2. The topological polar surface area (TPSA) is 88.4 Å². The van der Waals surface area contributed by atoms with Crippen molar-refractivity contribution in [3.05, 3.63) is 42.0 Å². The molecule has 0 heterocycles. The smallest absolute Gasteiger partial charge is 0.309 e. The zero-order chi connectivity index (χ0) is 19.9. The van der Waals surface area contributed by atoms with Gasteiger partial charge < -0.3 is 19.8 Å². The minimum absolute atomic E-state index is 0.0409. The van der Waals surface area contributed by atoms with E-state index in [2.05, 4.69) is 5.16 Å². The Bertz CT molecular complexity index is 668. The number of carbonyl (C=O) groups is 1. The molecule has 1 aromatic carbocycles. The predicted octanol–water partition coefficient (Wildman–Crippen LogP) is 3.48. The molecule has 148 valence electrons. The largest absolute Gasteiger partial charge is 0.479 e. The SMILES string of the molecule is CCOC(=O)C1CCC(C)(O)C(C(=NO)OCC)C1/C=C/c1ccccc1. The van der Waals surface area contributed by atoms with Crippen LogP contribution in [0.15, 0.2) is 41.6 Å². The van der Waals surface area contributed by atoms with Crippen LogP contribution in [0.2, 0.25) is 0 Å². The van der Waals surface area contributed by atoms with Gasteiger partial charge in [-0.15, -0.1) is 0 Å². The number of oxime groups is 1. The van der Waals surface area contributed by atoms with Crippen LogP contribution in [0.25, 0.3) is 6.08 Å². The average molecular weight is 375 g/mol. The lowest BCUT2D eigenvalue weighted by molar-refractivity contribution is -0.154. The summed E-state index contributed by atoms with van der Waals surface area (Å²) in [5, 5.41) is 23.8. The molecule has 1 aliphatic carbocycles. The molecular formula is C21H29NO5. The first kappa shape index (κ1) is 21.0. The number of allylic oxidation sites excluding steroid dienone is 1. The minimum atomic E-state index is -1.18. The summed E-state index contributed by atoms with van der Waals surface area (Å²) < 4.78 is 10.7. The van der Waals surface area contributed by atoms with Gasteiger partial charge in [0, 0.05) is 5.92 Å². The molecule has 27 heavy (non-hydrogen) atoms. The molecule has 2 rings (SSSR count). The van der Waals surface area contributed by atoms with Crippen molar-refractivity contribution in [3.63, 3.8) is 0 Å². The fraction of sp³-hybridized carbons (Fsp3) is 0.524. The fourth-order valence-corrected chi connectivity index (χ4v) is 3.76. The minimum Gasteiger partial charge on any atom is -0.479 e. The summed E-state index contributed by atoms with van der Waals surface area (Å²) in [6.07, 6.45) is 4.66. The van der Waals surface area contributed by atoms with Gasteiger partial charge in [-0.2, -0.15) is 0 Å². The summed E-state index contributed by atoms with van der Waals surface area (Å²) in [5.74, 6) is -1.81. The maximum atomic E-state index is 12.6. The number of ether oxygens (including phenoxy) is 2. The van der Waals surface area contributed by atoms with Crippen molar-refractivity contribution in [1.29, 1.82) is 0 Å². The molecule has 6 nitrogen and oxygen atoms in total. The maximum absolute atomic E-state index is 12.6. The van der Waals surface area contributed by atoms with Gasteiger partial charge in [0.15, 0.2) is 0 Å². The number of benzene rings is 1. The van der Waals surface area contributed by atoms with Crippen LogP contribution in [0, 0.1) is 17.8 Å². The second-order valence-electron chi connectivity index (χ2n) is 6.95. The van der Waals surface area contributed by atoms with Crippen molar-refractivity contribution in [2.75, 3.05) is 13.2 Å². The maximum Gasteiger partial charge on any atom is 0.309 e. The molecule has 4 unspecified atom stereocenters. The van der Waals surface area contributed by atoms with Gasteiger partial charge in [-0.25, -0.2) is 0 Å². The predicted molar refractivity (Wildman–Crippen MR) is 103 cm³/mol. The number of nitrogens with zero attached hydrogens (tertiary/aromatic N) is 1. The summed E-state index contributed by atoms with van der Waals surface area (Å²) in [6.45, 7) is 5.82. The number of aliphatic hydroxyl groups is 1. The van der Waals surface area contributed by atoms with Crippen molar-refractivity contribution < 1.29 is 24.6 Å². The summed E-state index contributed by atoms with van der Waals surface area (Å²) >= 11 is 0. The summed E-state index contributed by atoms with van der Waals surface area (Å²) in [7, 11) is 0. The van der Waals surface area contributed by atoms with Crippen LogP contribution in [-0.4, -0.2) is 41.0 Å². The second kappa shape index (κ2) is 9.55. The van der Waals surface area contributed by atoms with Gasteiger partial charge in [-0.05, 0) is 39.2 Å². The summed E-state index contributed by atoms with van der Waals surface area (Å²) in [6, 6.07) is 9.69. The molecule has 0 aromatic heterocycles. The van der Waals surface area contributed by atoms with Gasteiger partial charge in [0.05, 0.1) is 30.7 Å². The van der Waals surface area contributed by atoms with Gasteiger partial charge in [0.1, 0.15) is 0 Å².